The Kier molecular flexibility index (Phi) is 4.78. The number of carboxylic acid groups (broad SMARTS) is 1. The van der Waals surface area contributed by atoms with Gasteiger partial charge in [-0.3, -0.25) is 4.90 Å². The van der Waals surface area contributed by atoms with Crippen LogP contribution >= 0.6 is 0 Å². The van der Waals surface area contributed by atoms with E-state index < -0.39 is 6.09 Å². The van der Waals surface area contributed by atoms with Crippen molar-refractivity contribution in [2.24, 2.45) is 0 Å². The predicted molar refractivity (Wildman–Crippen MR) is 87.8 cm³/mol. The molecule has 5 nitrogen and oxygen atoms in total. The van der Waals surface area contributed by atoms with Crippen LogP contribution in [0.5, 0.6) is 11.5 Å². The molecule has 1 saturated heterocycles. The number of hydrogen-bond acceptors (Lipinski definition) is 3. The SMILES string of the molecule is O=C(O)N1CCN(Cc2ccc(Oc3ccccc3)cc2)CC1. The average Bonchev–Trinajstić information content (AvgIpc) is 2.58. The summed E-state index contributed by atoms with van der Waals surface area (Å²) in [5.74, 6) is 1.64. The largest absolute Gasteiger partial charge is 0.465 e. The Balaban J connectivity index is 1.53. The number of carbonyl (C=O) groups is 1. The van der Waals surface area contributed by atoms with Crippen LogP contribution in [0.15, 0.2) is 54.6 Å². The van der Waals surface area contributed by atoms with Crippen LogP contribution in [0.25, 0.3) is 0 Å². The first-order valence-electron chi connectivity index (χ1n) is 7.73. The molecule has 0 atom stereocenters. The maximum absolute atomic E-state index is 10.9. The zero-order valence-electron chi connectivity index (χ0n) is 12.9. The molecule has 5 heteroatoms. The van der Waals surface area contributed by atoms with E-state index in [9.17, 15) is 4.79 Å². The van der Waals surface area contributed by atoms with Gasteiger partial charge in [-0.2, -0.15) is 0 Å². The van der Waals surface area contributed by atoms with Crippen molar-refractivity contribution in [3.05, 3.63) is 60.2 Å². The highest BCUT2D eigenvalue weighted by Crippen LogP contribution is 2.21. The van der Waals surface area contributed by atoms with Crippen LogP contribution in [-0.4, -0.2) is 47.2 Å². The molecule has 120 valence electrons. The number of rotatable bonds is 4. The van der Waals surface area contributed by atoms with E-state index in [1.165, 1.54) is 10.5 Å². The molecule has 1 fully saturated rings. The van der Waals surface area contributed by atoms with E-state index in [1.54, 1.807) is 0 Å². The Morgan fingerprint density at radius 2 is 1.52 bits per heavy atom. The van der Waals surface area contributed by atoms with Gasteiger partial charge in [0.05, 0.1) is 0 Å². The Hall–Kier alpha value is -2.53. The normalized spacial score (nSPS) is 15.4. The standard InChI is InChI=1S/C18H20N2O3/c21-18(22)20-12-10-19(11-13-20)14-15-6-8-17(9-7-15)23-16-4-2-1-3-5-16/h1-9H,10-14H2,(H,21,22). The molecule has 1 N–H and O–H groups in total. The van der Waals surface area contributed by atoms with Gasteiger partial charge >= 0.3 is 6.09 Å². The zero-order chi connectivity index (χ0) is 16.1. The minimum atomic E-state index is -0.827. The Morgan fingerprint density at radius 3 is 2.13 bits per heavy atom. The van der Waals surface area contributed by atoms with Crippen LogP contribution in [0, 0.1) is 0 Å². The highest BCUT2D eigenvalue weighted by Gasteiger charge is 2.20. The van der Waals surface area contributed by atoms with Gasteiger partial charge in [-0.15, -0.1) is 0 Å². The van der Waals surface area contributed by atoms with E-state index in [-0.39, 0.29) is 0 Å². The van der Waals surface area contributed by atoms with Gasteiger partial charge in [-0.25, -0.2) is 4.79 Å². The molecule has 0 radical (unpaired) electrons. The summed E-state index contributed by atoms with van der Waals surface area (Å²) in [5, 5.41) is 8.96. The van der Waals surface area contributed by atoms with Crippen LogP contribution in [0.1, 0.15) is 5.56 Å². The lowest BCUT2D eigenvalue weighted by Crippen LogP contribution is -2.47. The highest BCUT2D eigenvalue weighted by molar-refractivity contribution is 5.65. The number of para-hydroxylation sites is 1. The molecule has 1 aliphatic rings. The molecule has 23 heavy (non-hydrogen) atoms. The third-order valence-electron chi connectivity index (χ3n) is 3.95. The van der Waals surface area contributed by atoms with Gasteiger partial charge in [0.25, 0.3) is 0 Å². The van der Waals surface area contributed by atoms with Crippen molar-refractivity contribution in [1.29, 1.82) is 0 Å². The van der Waals surface area contributed by atoms with E-state index in [0.717, 1.165) is 31.1 Å². The lowest BCUT2D eigenvalue weighted by atomic mass is 10.2. The Labute approximate surface area is 135 Å². The van der Waals surface area contributed by atoms with Crippen molar-refractivity contribution < 1.29 is 14.6 Å². The van der Waals surface area contributed by atoms with Crippen LogP contribution in [0.2, 0.25) is 0 Å². The summed E-state index contributed by atoms with van der Waals surface area (Å²) in [7, 11) is 0. The lowest BCUT2D eigenvalue weighted by Gasteiger charge is -2.33. The Bertz CT molecular complexity index is 635. The Morgan fingerprint density at radius 1 is 0.913 bits per heavy atom. The van der Waals surface area contributed by atoms with Gasteiger partial charge in [0.15, 0.2) is 0 Å². The smallest absolute Gasteiger partial charge is 0.407 e. The van der Waals surface area contributed by atoms with Gasteiger partial charge in [0, 0.05) is 32.7 Å². The molecule has 0 spiro atoms. The number of amides is 1. The van der Waals surface area contributed by atoms with E-state index in [4.69, 9.17) is 9.84 Å². The maximum atomic E-state index is 10.9. The highest BCUT2D eigenvalue weighted by atomic mass is 16.5. The first kappa shape index (κ1) is 15.4. The molecule has 0 aromatic heterocycles. The van der Waals surface area contributed by atoms with Crippen LogP contribution < -0.4 is 4.74 Å². The molecular weight excluding hydrogens is 292 g/mol. The van der Waals surface area contributed by atoms with Crippen molar-refractivity contribution in [3.63, 3.8) is 0 Å². The molecule has 1 heterocycles. The molecule has 2 aromatic carbocycles. The lowest BCUT2D eigenvalue weighted by molar-refractivity contribution is 0.103. The van der Waals surface area contributed by atoms with Crippen molar-refractivity contribution in [1.82, 2.24) is 9.80 Å². The molecule has 0 saturated carbocycles. The number of hydrogen-bond donors (Lipinski definition) is 1. The summed E-state index contributed by atoms with van der Waals surface area (Å²) in [5.41, 5.74) is 1.20. The summed E-state index contributed by atoms with van der Waals surface area (Å²) in [4.78, 5) is 14.6. The second-order valence-electron chi connectivity index (χ2n) is 5.60. The molecular formula is C18H20N2O3. The van der Waals surface area contributed by atoms with Gasteiger partial charge in [-0.1, -0.05) is 30.3 Å². The monoisotopic (exact) mass is 312 g/mol. The first-order chi connectivity index (χ1) is 11.2. The average molecular weight is 312 g/mol. The fourth-order valence-corrected chi connectivity index (χ4v) is 2.64. The second-order valence-corrected chi connectivity index (χ2v) is 5.60. The van der Waals surface area contributed by atoms with E-state index in [1.807, 2.05) is 42.5 Å². The van der Waals surface area contributed by atoms with Crippen molar-refractivity contribution in [2.45, 2.75) is 6.54 Å². The molecule has 0 unspecified atom stereocenters. The summed E-state index contributed by atoms with van der Waals surface area (Å²) < 4.78 is 5.78. The van der Waals surface area contributed by atoms with E-state index in [2.05, 4.69) is 17.0 Å². The number of ether oxygens (including phenoxy) is 1. The number of piperazine rings is 1. The summed E-state index contributed by atoms with van der Waals surface area (Å²) >= 11 is 0. The quantitative estimate of drug-likeness (QED) is 0.941. The third kappa shape index (κ3) is 4.23. The topological polar surface area (TPSA) is 53.0 Å². The van der Waals surface area contributed by atoms with Gasteiger partial charge < -0.3 is 14.7 Å². The molecule has 1 aliphatic heterocycles. The van der Waals surface area contributed by atoms with E-state index >= 15 is 0 Å². The van der Waals surface area contributed by atoms with Crippen molar-refractivity contribution in [2.75, 3.05) is 26.2 Å². The number of nitrogens with zero attached hydrogens (tertiary/aromatic N) is 2. The van der Waals surface area contributed by atoms with E-state index in [0.29, 0.717) is 13.1 Å². The fourth-order valence-electron chi connectivity index (χ4n) is 2.64. The van der Waals surface area contributed by atoms with Gasteiger partial charge in [0.2, 0.25) is 0 Å². The fraction of sp³-hybridized carbons (Fsp3) is 0.278. The molecule has 1 amide bonds. The summed E-state index contributed by atoms with van der Waals surface area (Å²) in [6, 6.07) is 17.8. The maximum Gasteiger partial charge on any atom is 0.407 e. The molecule has 0 bridgehead atoms. The molecule has 3 rings (SSSR count). The molecule has 0 aliphatic carbocycles. The van der Waals surface area contributed by atoms with Crippen LogP contribution in [0.3, 0.4) is 0 Å². The zero-order valence-corrected chi connectivity index (χ0v) is 12.9. The van der Waals surface area contributed by atoms with Crippen molar-refractivity contribution >= 4 is 6.09 Å². The van der Waals surface area contributed by atoms with Gasteiger partial charge in [0.1, 0.15) is 11.5 Å². The van der Waals surface area contributed by atoms with Crippen molar-refractivity contribution in [3.8, 4) is 11.5 Å². The first-order valence-corrected chi connectivity index (χ1v) is 7.73. The minimum Gasteiger partial charge on any atom is -0.465 e. The summed E-state index contributed by atoms with van der Waals surface area (Å²) in [6.45, 7) is 3.53. The molecule has 2 aromatic rings. The van der Waals surface area contributed by atoms with Crippen LogP contribution in [-0.2, 0) is 6.54 Å². The predicted octanol–water partition coefficient (Wildman–Crippen LogP) is 3.27. The minimum absolute atomic E-state index is 0.574. The van der Waals surface area contributed by atoms with Gasteiger partial charge in [-0.05, 0) is 29.8 Å². The number of benzene rings is 2. The third-order valence-corrected chi connectivity index (χ3v) is 3.95. The summed E-state index contributed by atoms with van der Waals surface area (Å²) in [6.07, 6.45) is -0.827. The second kappa shape index (κ2) is 7.15. The van der Waals surface area contributed by atoms with Crippen LogP contribution in [0.4, 0.5) is 4.79 Å².